The van der Waals surface area contributed by atoms with Gasteiger partial charge in [-0.2, -0.15) is 0 Å². The number of pyridine rings is 1. The van der Waals surface area contributed by atoms with E-state index < -0.39 is 0 Å². The molecule has 0 radical (unpaired) electrons. The maximum absolute atomic E-state index is 4.19. The summed E-state index contributed by atoms with van der Waals surface area (Å²) in [6.45, 7) is 0. The van der Waals surface area contributed by atoms with Crippen LogP contribution in [0.15, 0.2) is 42.6 Å². The van der Waals surface area contributed by atoms with Gasteiger partial charge in [-0.15, -0.1) is 12.8 Å². The van der Waals surface area contributed by atoms with Crippen molar-refractivity contribution < 1.29 is 0 Å². The Morgan fingerprint density at radius 2 is 1.67 bits per heavy atom. The molecule has 1 aromatic carbocycles. The molecule has 0 aliphatic rings. The van der Waals surface area contributed by atoms with Gasteiger partial charge in [0.25, 0.3) is 0 Å². The smallest absolute Gasteiger partial charge is 0.0701 e. The summed E-state index contributed by atoms with van der Waals surface area (Å²) in [6, 6.07) is 12.1. The van der Waals surface area contributed by atoms with Crippen LogP contribution in [0.1, 0.15) is 0 Å². The number of nitrogens with zero attached hydrogens (tertiary/aromatic N) is 1. The van der Waals surface area contributed by atoms with Crippen molar-refractivity contribution in [1.82, 2.24) is 4.98 Å². The molecular weight excluding hydrogens is 168 g/mol. The highest BCUT2D eigenvalue weighted by Gasteiger charge is 1.86. The topological polar surface area (TPSA) is 38.9 Å². The van der Waals surface area contributed by atoms with Gasteiger partial charge < -0.3 is 0 Å². The third-order valence-electron chi connectivity index (χ3n) is 1.51. The number of hydrogen-bond donors (Lipinski definition) is 2. The first-order valence-corrected chi connectivity index (χ1v) is 4.04. The molecule has 62 valence electrons. The lowest BCUT2D eigenvalue weighted by Crippen LogP contribution is -1.73. The van der Waals surface area contributed by atoms with Crippen molar-refractivity contribution in [3.63, 3.8) is 0 Å². The van der Waals surface area contributed by atoms with Crippen LogP contribution in [0.2, 0.25) is 0 Å². The first kappa shape index (κ1) is 9.03. The highest BCUT2D eigenvalue weighted by atomic mass is 32.1. The average Bonchev–Trinajstić information content (AvgIpc) is 2.21. The van der Waals surface area contributed by atoms with Crippen LogP contribution in [0.5, 0.6) is 0 Å². The summed E-state index contributed by atoms with van der Waals surface area (Å²) in [5.74, 6) is 0. The fourth-order valence-electron chi connectivity index (χ4n) is 1.02. The normalized spacial score (nSPS) is 8.83. The van der Waals surface area contributed by atoms with Crippen molar-refractivity contribution in [2.75, 3.05) is 0 Å². The van der Waals surface area contributed by atoms with E-state index in [0.29, 0.717) is 0 Å². The quantitative estimate of drug-likeness (QED) is 0.606. The average molecular weight is 178 g/mol. The van der Waals surface area contributed by atoms with Crippen LogP contribution < -0.4 is 5.14 Å². The molecule has 12 heavy (non-hydrogen) atoms. The van der Waals surface area contributed by atoms with Crippen molar-refractivity contribution in [1.29, 1.82) is 0 Å². The number of aromatic nitrogens is 1. The molecule has 2 rings (SSSR count). The molecule has 2 nitrogen and oxygen atoms in total. The molecular formula is C9H10N2S. The Balaban J connectivity index is 0.000000336. The molecule has 0 aliphatic heterocycles. The minimum absolute atomic E-state index is 1.06. The second kappa shape index (κ2) is 4.74. The minimum atomic E-state index is 1.06. The summed E-state index contributed by atoms with van der Waals surface area (Å²) in [7, 11) is 0. The lowest BCUT2D eigenvalue weighted by Gasteiger charge is -1.91. The number of benzene rings is 1. The molecule has 0 saturated heterocycles. The van der Waals surface area contributed by atoms with E-state index in [2.05, 4.69) is 35.1 Å². The summed E-state index contributed by atoms with van der Waals surface area (Å²) in [5.41, 5.74) is 1.06. The second-order valence-corrected chi connectivity index (χ2v) is 2.20. The third-order valence-corrected chi connectivity index (χ3v) is 1.51. The molecule has 0 bridgehead atoms. The molecule has 0 fully saturated rings. The van der Waals surface area contributed by atoms with Crippen molar-refractivity contribution >= 4 is 23.7 Å². The van der Waals surface area contributed by atoms with Crippen LogP contribution in [0.4, 0.5) is 0 Å². The Morgan fingerprint density at radius 3 is 2.42 bits per heavy atom. The first-order chi connectivity index (χ1) is 5.97. The van der Waals surface area contributed by atoms with E-state index in [1.165, 1.54) is 5.39 Å². The molecule has 0 saturated carbocycles. The van der Waals surface area contributed by atoms with Crippen molar-refractivity contribution in [3.8, 4) is 0 Å². The zero-order valence-corrected chi connectivity index (χ0v) is 7.41. The van der Waals surface area contributed by atoms with Gasteiger partial charge in [-0.1, -0.05) is 24.3 Å². The van der Waals surface area contributed by atoms with Crippen LogP contribution in [0, 0.1) is 0 Å². The van der Waals surface area contributed by atoms with E-state index >= 15 is 0 Å². The molecule has 0 aliphatic carbocycles. The standard InChI is InChI=1S/C9H7N.H3NS/c1-2-6-9-8(4-1)5-3-7-10-9;1-2/h1-7H;2H,1H2. The van der Waals surface area contributed by atoms with Crippen LogP contribution in [0.25, 0.3) is 10.9 Å². The molecule has 0 atom stereocenters. The fourth-order valence-corrected chi connectivity index (χ4v) is 1.02. The van der Waals surface area contributed by atoms with Gasteiger partial charge in [0.1, 0.15) is 0 Å². The molecule has 1 heterocycles. The lowest BCUT2D eigenvalue weighted by molar-refractivity contribution is 1.41. The van der Waals surface area contributed by atoms with Gasteiger partial charge in [0.2, 0.25) is 0 Å². The van der Waals surface area contributed by atoms with Gasteiger partial charge in [0.05, 0.1) is 5.52 Å². The summed E-state index contributed by atoms with van der Waals surface area (Å²) < 4.78 is 0. The van der Waals surface area contributed by atoms with Gasteiger partial charge in [-0.3, -0.25) is 10.1 Å². The van der Waals surface area contributed by atoms with E-state index in [9.17, 15) is 0 Å². The zero-order chi connectivity index (χ0) is 8.81. The number of para-hydroxylation sites is 1. The van der Waals surface area contributed by atoms with E-state index in [0.717, 1.165) is 5.52 Å². The number of rotatable bonds is 0. The first-order valence-electron chi connectivity index (χ1n) is 3.52. The maximum atomic E-state index is 4.19. The predicted octanol–water partition coefficient (Wildman–Crippen LogP) is 2.02. The lowest BCUT2D eigenvalue weighted by atomic mass is 10.2. The van der Waals surface area contributed by atoms with E-state index in [-0.39, 0.29) is 0 Å². The van der Waals surface area contributed by atoms with Gasteiger partial charge in [0.15, 0.2) is 0 Å². The van der Waals surface area contributed by atoms with Gasteiger partial charge >= 0.3 is 0 Å². The van der Waals surface area contributed by atoms with Crippen molar-refractivity contribution in [2.24, 2.45) is 5.14 Å². The Kier molecular flexibility index (Phi) is 3.57. The minimum Gasteiger partial charge on any atom is -0.281 e. The van der Waals surface area contributed by atoms with Crippen molar-refractivity contribution in [3.05, 3.63) is 42.6 Å². The number of fused-ring (bicyclic) bond motifs is 1. The Bertz CT molecular complexity index is 284. The molecule has 3 heteroatoms. The summed E-state index contributed by atoms with van der Waals surface area (Å²) >= 11 is 3.03. The largest absolute Gasteiger partial charge is 0.281 e. The van der Waals surface area contributed by atoms with Gasteiger partial charge in [0, 0.05) is 11.6 Å². The molecule has 2 aromatic rings. The monoisotopic (exact) mass is 178 g/mol. The van der Waals surface area contributed by atoms with Crippen LogP contribution in [-0.4, -0.2) is 4.98 Å². The fraction of sp³-hybridized carbons (Fsp3) is 0. The van der Waals surface area contributed by atoms with Crippen LogP contribution in [-0.2, 0) is 0 Å². The zero-order valence-electron chi connectivity index (χ0n) is 6.51. The highest BCUT2D eigenvalue weighted by Crippen LogP contribution is 2.07. The number of nitrogens with two attached hydrogens (primary N) is 1. The van der Waals surface area contributed by atoms with E-state index in [1.54, 1.807) is 0 Å². The molecule has 0 spiro atoms. The Hall–Kier alpha value is -1.06. The van der Waals surface area contributed by atoms with E-state index in [4.69, 9.17) is 0 Å². The number of hydrogen-bond acceptors (Lipinski definition) is 3. The molecule has 0 amide bonds. The van der Waals surface area contributed by atoms with Crippen LogP contribution >= 0.6 is 12.8 Å². The van der Waals surface area contributed by atoms with Crippen LogP contribution in [0.3, 0.4) is 0 Å². The van der Waals surface area contributed by atoms with Gasteiger partial charge in [-0.25, -0.2) is 0 Å². The number of thiol groups is 1. The molecule has 0 unspecified atom stereocenters. The molecule has 2 N–H and O–H groups in total. The summed E-state index contributed by atoms with van der Waals surface area (Å²) in [5, 5.41) is 5.39. The highest BCUT2D eigenvalue weighted by molar-refractivity contribution is 7.77. The molecule has 1 aromatic heterocycles. The summed E-state index contributed by atoms with van der Waals surface area (Å²) in [4.78, 5) is 4.18. The second-order valence-electron chi connectivity index (χ2n) is 2.20. The maximum Gasteiger partial charge on any atom is 0.0701 e. The predicted molar refractivity (Wildman–Crippen MR) is 54.9 cm³/mol. The third kappa shape index (κ3) is 1.96. The Morgan fingerprint density at radius 1 is 1.00 bits per heavy atom. The van der Waals surface area contributed by atoms with E-state index in [1.807, 2.05) is 30.5 Å². The SMILES string of the molecule is NS.c1ccc2ncccc2c1. The Labute approximate surface area is 77.0 Å². The van der Waals surface area contributed by atoms with Gasteiger partial charge in [-0.05, 0) is 12.1 Å². The van der Waals surface area contributed by atoms with Crippen molar-refractivity contribution in [2.45, 2.75) is 0 Å². The summed E-state index contributed by atoms with van der Waals surface area (Å²) in [6.07, 6.45) is 1.81.